The van der Waals surface area contributed by atoms with Gasteiger partial charge in [-0.15, -0.1) is 24.0 Å². The van der Waals surface area contributed by atoms with Gasteiger partial charge in [-0.2, -0.15) is 0 Å². The van der Waals surface area contributed by atoms with E-state index in [4.69, 9.17) is 0 Å². The van der Waals surface area contributed by atoms with E-state index in [0.29, 0.717) is 6.54 Å². The number of thiol groups is 1. The standard InChI is InChI=1S/C13H12BrNOS2/c1-15(7-9-3-2-4-10(14)5-9)13(16)12-6-11(17)8-18-12/h2-6,8,17H,7H2,1H3. The van der Waals surface area contributed by atoms with Crippen LogP contribution in [-0.2, 0) is 6.54 Å². The van der Waals surface area contributed by atoms with Gasteiger partial charge in [-0.1, -0.05) is 28.1 Å². The van der Waals surface area contributed by atoms with Gasteiger partial charge in [-0.3, -0.25) is 4.79 Å². The van der Waals surface area contributed by atoms with Gasteiger partial charge in [0.2, 0.25) is 0 Å². The minimum absolute atomic E-state index is 0.0280. The van der Waals surface area contributed by atoms with Crippen LogP contribution in [-0.4, -0.2) is 17.9 Å². The molecule has 1 amide bonds. The smallest absolute Gasteiger partial charge is 0.264 e. The highest BCUT2D eigenvalue weighted by Crippen LogP contribution is 2.20. The third-order valence-electron chi connectivity index (χ3n) is 2.45. The zero-order valence-corrected chi connectivity index (χ0v) is 13.1. The van der Waals surface area contributed by atoms with Gasteiger partial charge in [-0.25, -0.2) is 0 Å². The molecule has 2 nitrogen and oxygen atoms in total. The Labute approximate surface area is 124 Å². The molecule has 1 aromatic heterocycles. The van der Waals surface area contributed by atoms with Crippen molar-refractivity contribution in [2.75, 3.05) is 7.05 Å². The number of hydrogen-bond acceptors (Lipinski definition) is 3. The summed E-state index contributed by atoms with van der Waals surface area (Å²) in [6, 6.07) is 9.76. The Morgan fingerprint density at radius 1 is 1.44 bits per heavy atom. The third kappa shape index (κ3) is 3.37. The van der Waals surface area contributed by atoms with E-state index in [1.165, 1.54) is 11.3 Å². The van der Waals surface area contributed by atoms with E-state index in [9.17, 15) is 4.79 Å². The number of rotatable bonds is 3. The number of benzene rings is 1. The second-order valence-corrected chi connectivity index (χ2v) is 6.30. The van der Waals surface area contributed by atoms with Crippen LogP contribution in [0, 0.1) is 0 Å². The summed E-state index contributed by atoms with van der Waals surface area (Å²) in [6.45, 7) is 0.595. The lowest BCUT2D eigenvalue weighted by molar-refractivity contribution is 0.0789. The van der Waals surface area contributed by atoms with E-state index in [-0.39, 0.29) is 5.91 Å². The minimum Gasteiger partial charge on any atom is -0.337 e. The van der Waals surface area contributed by atoms with Crippen molar-refractivity contribution in [1.29, 1.82) is 0 Å². The van der Waals surface area contributed by atoms with Crippen molar-refractivity contribution in [3.8, 4) is 0 Å². The van der Waals surface area contributed by atoms with Crippen molar-refractivity contribution in [3.63, 3.8) is 0 Å². The molecule has 0 saturated carbocycles. The molecule has 0 atom stereocenters. The zero-order valence-electron chi connectivity index (χ0n) is 9.76. The first-order valence-corrected chi connectivity index (χ1v) is 7.45. The molecule has 2 aromatic rings. The van der Waals surface area contributed by atoms with Crippen molar-refractivity contribution < 1.29 is 4.79 Å². The fourth-order valence-electron chi connectivity index (χ4n) is 1.61. The molecule has 1 heterocycles. The second-order valence-electron chi connectivity index (χ2n) is 3.96. The van der Waals surface area contributed by atoms with Crippen LogP contribution in [0.2, 0.25) is 0 Å². The highest BCUT2D eigenvalue weighted by molar-refractivity contribution is 9.10. The normalized spacial score (nSPS) is 10.4. The molecule has 18 heavy (non-hydrogen) atoms. The Morgan fingerprint density at radius 3 is 2.83 bits per heavy atom. The lowest BCUT2D eigenvalue weighted by Gasteiger charge is -2.16. The molecular weight excluding hydrogens is 330 g/mol. The number of hydrogen-bond donors (Lipinski definition) is 1. The fourth-order valence-corrected chi connectivity index (χ4v) is 3.20. The predicted molar refractivity (Wildman–Crippen MR) is 81.5 cm³/mol. The topological polar surface area (TPSA) is 20.3 Å². The summed E-state index contributed by atoms with van der Waals surface area (Å²) in [5, 5.41) is 1.86. The van der Waals surface area contributed by atoms with Crippen molar-refractivity contribution in [2.45, 2.75) is 11.4 Å². The Hall–Kier alpha value is -0.780. The van der Waals surface area contributed by atoms with Crippen molar-refractivity contribution in [3.05, 3.63) is 50.6 Å². The van der Waals surface area contributed by atoms with Crippen LogP contribution in [0.3, 0.4) is 0 Å². The molecule has 0 aliphatic heterocycles. The summed E-state index contributed by atoms with van der Waals surface area (Å²) in [5.74, 6) is 0.0280. The van der Waals surface area contributed by atoms with E-state index >= 15 is 0 Å². The number of thiophene rings is 1. The maximum absolute atomic E-state index is 12.1. The first-order valence-electron chi connectivity index (χ1n) is 5.33. The number of carbonyl (C=O) groups is 1. The van der Waals surface area contributed by atoms with E-state index in [2.05, 4.69) is 28.6 Å². The molecule has 0 fully saturated rings. The van der Waals surface area contributed by atoms with Crippen LogP contribution >= 0.6 is 39.9 Å². The van der Waals surface area contributed by atoms with E-state index in [0.717, 1.165) is 19.8 Å². The molecule has 94 valence electrons. The molecule has 0 radical (unpaired) electrons. The summed E-state index contributed by atoms with van der Waals surface area (Å²) in [4.78, 5) is 15.4. The van der Waals surface area contributed by atoms with Crippen molar-refractivity contribution in [2.24, 2.45) is 0 Å². The van der Waals surface area contributed by atoms with Gasteiger partial charge < -0.3 is 4.90 Å². The van der Waals surface area contributed by atoms with Crippen LogP contribution in [0.25, 0.3) is 0 Å². The van der Waals surface area contributed by atoms with Crippen LogP contribution in [0.15, 0.2) is 45.1 Å². The Morgan fingerprint density at radius 2 is 2.22 bits per heavy atom. The van der Waals surface area contributed by atoms with Crippen molar-refractivity contribution >= 4 is 45.8 Å². The Bertz CT molecular complexity index is 568. The van der Waals surface area contributed by atoms with Gasteiger partial charge >= 0.3 is 0 Å². The third-order valence-corrected chi connectivity index (χ3v) is 4.30. The zero-order chi connectivity index (χ0) is 13.1. The highest BCUT2D eigenvalue weighted by atomic mass is 79.9. The SMILES string of the molecule is CN(Cc1cccc(Br)c1)C(=O)c1cc(S)cs1. The summed E-state index contributed by atoms with van der Waals surface area (Å²) in [5.41, 5.74) is 1.10. The van der Waals surface area contributed by atoms with Gasteiger partial charge in [0.15, 0.2) is 0 Å². The summed E-state index contributed by atoms with van der Waals surface area (Å²) >= 11 is 9.06. The molecule has 2 rings (SSSR count). The van der Waals surface area contributed by atoms with Gasteiger partial charge in [0.05, 0.1) is 4.88 Å². The number of nitrogens with zero attached hydrogens (tertiary/aromatic N) is 1. The largest absolute Gasteiger partial charge is 0.337 e. The molecular formula is C13H12BrNOS2. The lowest BCUT2D eigenvalue weighted by atomic mass is 10.2. The average molecular weight is 342 g/mol. The molecule has 0 spiro atoms. The van der Waals surface area contributed by atoms with Crippen LogP contribution in [0.5, 0.6) is 0 Å². The molecule has 0 aliphatic rings. The molecule has 0 N–H and O–H groups in total. The maximum atomic E-state index is 12.1. The molecule has 0 saturated heterocycles. The predicted octanol–water partition coefficient (Wildman–Crippen LogP) is 4.07. The molecule has 1 aromatic carbocycles. The summed E-state index contributed by atoms with van der Waals surface area (Å²) in [7, 11) is 1.81. The van der Waals surface area contributed by atoms with Gasteiger partial charge in [0.25, 0.3) is 5.91 Å². The van der Waals surface area contributed by atoms with E-state index in [1.54, 1.807) is 18.0 Å². The Kier molecular flexibility index (Phi) is 4.48. The molecule has 0 unspecified atom stereocenters. The quantitative estimate of drug-likeness (QED) is 0.834. The first kappa shape index (κ1) is 13.6. The minimum atomic E-state index is 0.0280. The van der Waals surface area contributed by atoms with Crippen molar-refractivity contribution in [1.82, 2.24) is 4.90 Å². The lowest BCUT2D eigenvalue weighted by Crippen LogP contribution is -2.25. The monoisotopic (exact) mass is 341 g/mol. The Balaban J connectivity index is 2.08. The maximum Gasteiger partial charge on any atom is 0.264 e. The average Bonchev–Trinajstić information content (AvgIpc) is 2.75. The molecule has 5 heteroatoms. The fraction of sp³-hybridized carbons (Fsp3) is 0.154. The van der Waals surface area contributed by atoms with Crippen LogP contribution in [0.4, 0.5) is 0 Å². The summed E-state index contributed by atoms with van der Waals surface area (Å²) < 4.78 is 1.02. The van der Waals surface area contributed by atoms with Crippen LogP contribution < -0.4 is 0 Å². The number of carbonyl (C=O) groups excluding carboxylic acids is 1. The van der Waals surface area contributed by atoms with Gasteiger partial charge in [0.1, 0.15) is 0 Å². The van der Waals surface area contributed by atoms with Gasteiger partial charge in [0, 0.05) is 28.3 Å². The second kappa shape index (κ2) is 5.91. The molecule has 0 aliphatic carbocycles. The molecule has 0 bridgehead atoms. The van der Waals surface area contributed by atoms with Crippen LogP contribution in [0.1, 0.15) is 15.2 Å². The van der Waals surface area contributed by atoms with E-state index < -0.39 is 0 Å². The first-order chi connectivity index (χ1) is 8.56. The number of halogens is 1. The van der Waals surface area contributed by atoms with E-state index in [1.807, 2.05) is 29.6 Å². The number of amides is 1. The summed E-state index contributed by atoms with van der Waals surface area (Å²) in [6.07, 6.45) is 0. The highest BCUT2D eigenvalue weighted by Gasteiger charge is 2.13. The van der Waals surface area contributed by atoms with Gasteiger partial charge in [-0.05, 0) is 23.8 Å².